The largest absolute Gasteiger partial charge is 1.00 e. The van der Waals surface area contributed by atoms with E-state index < -0.39 is 37.9 Å². The molecule has 0 heterocycles. The summed E-state index contributed by atoms with van der Waals surface area (Å²) in [6.07, 6.45) is 1.15. The molecule has 0 saturated carbocycles. The molecule has 146 valence electrons. The van der Waals surface area contributed by atoms with Gasteiger partial charge in [0.05, 0.1) is 20.0 Å². The predicted octanol–water partition coefficient (Wildman–Crippen LogP) is -2.41. The van der Waals surface area contributed by atoms with Crippen LogP contribution in [0.15, 0.2) is 30.3 Å². The van der Waals surface area contributed by atoms with Crippen molar-refractivity contribution in [3.05, 3.63) is 35.9 Å². The van der Waals surface area contributed by atoms with E-state index >= 15 is 0 Å². The molecule has 0 spiro atoms. The Morgan fingerprint density at radius 2 is 1.93 bits per heavy atom. The van der Waals surface area contributed by atoms with Crippen LogP contribution >= 0.6 is 19.3 Å². The number of hydrogen-bond acceptors (Lipinski definition) is 6. The van der Waals surface area contributed by atoms with Crippen molar-refractivity contribution >= 4 is 31.2 Å². The molecule has 1 rings (SSSR count). The van der Waals surface area contributed by atoms with E-state index in [1.807, 2.05) is 36.6 Å². The summed E-state index contributed by atoms with van der Waals surface area (Å²) in [7, 11) is -4.14. The topological polar surface area (TPSA) is 131 Å². The first-order valence-corrected chi connectivity index (χ1v) is 11.3. The summed E-state index contributed by atoms with van der Waals surface area (Å²) >= 11 is 1.52. The van der Waals surface area contributed by atoms with Crippen LogP contribution in [0.25, 0.3) is 0 Å². The minimum Gasteiger partial charge on any atom is -0.787 e. The molecule has 0 saturated heterocycles. The molecule has 3 unspecified atom stereocenters. The van der Waals surface area contributed by atoms with Crippen LogP contribution in [0, 0.1) is 0 Å². The van der Waals surface area contributed by atoms with Crippen LogP contribution in [-0.2, 0) is 20.6 Å². The van der Waals surface area contributed by atoms with Crippen molar-refractivity contribution in [2.75, 3.05) is 18.3 Å². The van der Waals surface area contributed by atoms with Crippen molar-refractivity contribution in [3.63, 3.8) is 0 Å². The van der Waals surface area contributed by atoms with Crippen LogP contribution in [0.4, 0.5) is 0 Å². The summed E-state index contributed by atoms with van der Waals surface area (Å²) in [4.78, 5) is 34.6. The summed E-state index contributed by atoms with van der Waals surface area (Å²) < 4.78 is 12.2. The quantitative estimate of drug-likeness (QED) is 0.166. The van der Waals surface area contributed by atoms with E-state index in [2.05, 4.69) is 15.7 Å². The van der Waals surface area contributed by atoms with Crippen LogP contribution in [0.5, 0.6) is 0 Å². The second-order valence-electron chi connectivity index (χ2n) is 5.77. The van der Waals surface area contributed by atoms with Crippen LogP contribution in [-0.4, -0.2) is 47.5 Å². The van der Waals surface area contributed by atoms with Crippen LogP contribution in [0.2, 0.25) is 0 Å². The monoisotopic (exact) mass is 425 g/mol. The smallest absolute Gasteiger partial charge is 0.787 e. The van der Waals surface area contributed by atoms with Gasteiger partial charge in [0.15, 0.2) is 0 Å². The molecule has 27 heavy (non-hydrogen) atoms. The zero-order valence-electron chi connectivity index (χ0n) is 15.8. The van der Waals surface area contributed by atoms with E-state index in [0.717, 1.165) is 5.56 Å². The Kier molecular flexibility index (Phi) is 13.5. The molecule has 3 atom stereocenters. The Morgan fingerprint density at radius 1 is 1.30 bits per heavy atom. The first-order valence-electron chi connectivity index (χ1n) is 8.07. The summed E-state index contributed by atoms with van der Waals surface area (Å²) in [6, 6.07) is 8.26. The fourth-order valence-corrected chi connectivity index (χ4v) is 3.88. The first kappa shape index (κ1) is 26.6. The third-order valence-corrected chi connectivity index (χ3v) is 5.41. The molecule has 0 aliphatic heterocycles. The Bertz CT molecular complexity index is 638. The normalized spacial score (nSPS) is 15.1. The SMILES string of the molecule is CSCCC(NC(Cc1ccccc1)NP(=O)([O-])CNC(C)=O)C(=O)O.[Na+]. The number of carboxylic acids is 1. The number of hydrogen-bond donors (Lipinski definition) is 4. The summed E-state index contributed by atoms with van der Waals surface area (Å²) in [5, 5.41) is 17.0. The molecule has 0 fully saturated rings. The number of amides is 1. The zero-order chi connectivity index (χ0) is 19.6. The van der Waals surface area contributed by atoms with E-state index in [-0.39, 0.29) is 36.0 Å². The number of carbonyl (C=O) groups is 2. The molecule has 0 aromatic heterocycles. The van der Waals surface area contributed by atoms with Gasteiger partial charge in [-0.25, -0.2) is 0 Å². The minimum atomic E-state index is -4.14. The molecule has 8 nitrogen and oxygen atoms in total. The van der Waals surface area contributed by atoms with Crippen molar-refractivity contribution in [2.45, 2.75) is 32.0 Å². The molecule has 0 radical (unpaired) electrons. The number of carboxylic acid groups (broad SMARTS) is 1. The Labute approximate surface area is 186 Å². The van der Waals surface area contributed by atoms with Crippen LogP contribution < -0.4 is 50.2 Å². The van der Waals surface area contributed by atoms with Gasteiger partial charge in [0.25, 0.3) is 0 Å². The number of benzene rings is 1. The molecule has 1 aromatic carbocycles. The Hall–Kier alpha value is -0.380. The van der Waals surface area contributed by atoms with E-state index in [0.29, 0.717) is 12.2 Å². The number of rotatable bonds is 12. The molecule has 0 bridgehead atoms. The Balaban J connectivity index is 0.00000676. The van der Waals surface area contributed by atoms with E-state index in [4.69, 9.17) is 0 Å². The second-order valence-corrected chi connectivity index (χ2v) is 8.68. The first-order chi connectivity index (χ1) is 12.2. The van der Waals surface area contributed by atoms with Crippen molar-refractivity contribution in [3.8, 4) is 0 Å². The minimum absolute atomic E-state index is 0. The number of nitrogens with one attached hydrogen (secondary N) is 3. The van der Waals surface area contributed by atoms with Gasteiger partial charge < -0.3 is 19.9 Å². The van der Waals surface area contributed by atoms with Crippen molar-refractivity contribution < 1.29 is 53.7 Å². The van der Waals surface area contributed by atoms with Crippen LogP contribution in [0.1, 0.15) is 18.9 Å². The molecule has 0 aliphatic rings. The van der Waals surface area contributed by atoms with Crippen molar-refractivity contribution in [2.24, 2.45) is 0 Å². The number of thioether (sulfide) groups is 1. The van der Waals surface area contributed by atoms with Crippen molar-refractivity contribution in [1.82, 2.24) is 15.7 Å². The van der Waals surface area contributed by atoms with E-state index in [1.54, 1.807) is 0 Å². The molecule has 1 aromatic rings. The van der Waals surface area contributed by atoms with Crippen molar-refractivity contribution in [1.29, 1.82) is 0 Å². The summed E-state index contributed by atoms with van der Waals surface area (Å²) in [5.74, 6) is -0.872. The van der Waals surface area contributed by atoms with Gasteiger partial charge in [-0.15, -0.1) is 0 Å². The van der Waals surface area contributed by atoms with Gasteiger partial charge in [-0.3, -0.25) is 20.0 Å². The standard InChI is InChI=1S/C16H26N3O5PS.Na/c1-12(20)17-11-25(23,24)19-15(10-13-6-4-3-5-7-13)18-14(16(21)22)8-9-26-2;/h3-7,14-15,18H,8-11H2,1-2H3,(H,17,20)(H,21,22)(H2,19,23,24);/q;+1/p-1. The average Bonchev–Trinajstić information content (AvgIpc) is 2.57. The molecular weight excluding hydrogens is 400 g/mol. The van der Waals surface area contributed by atoms with E-state index in [9.17, 15) is 24.2 Å². The fourth-order valence-electron chi connectivity index (χ4n) is 2.25. The van der Waals surface area contributed by atoms with Gasteiger partial charge >= 0.3 is 35.5 Å². The number of aliphatic carboxylic acids is 1. The van der Waals surface area contributed by atoms with Gasteiger partial charge in [0.1, 0.15) is 6.04 Å². The summed E-state index contributed by atoms with van der Waals surface area (Å²) in [6.45, 7) is 1.22. The predicted molar refractivity (Wildman–Crippen MR) is 101 cm³/mol. The van der Waals surface area contributed by atoms with Gasteiger partial charge in [-0.05, 0) is 24.0 Å². The second kappa shape index (κ2) is 13.7. The maximum atomic E-state index is 12.2. The van der Waals surface area contributed by atoms with E-state index in [1.165, 1.54) is 18.7 Å². The maximum absolute atomic E-state index is 12.2. The molecule has 11 heteroatoms. The molecule has 0 aliphatic carbocycles. The fraction of sp³-hybridized carbons (Fsp3) is 0.500. The van der Waals surface area contributed by atoms with Gasteiger partial charge in [-0.2, -0.15) is 11.8 Å². The molecule has 1 amide bonds. The summed E-state index contributed by atoms with van der Waals surface area (Å²) in [5.41, 5.74) is 0.853. The average molecular weight is 425 g/mol. The zero-order valence-corrected chi connectivity index (χ0v) is 19.5. The Morgan fingerprint density at radius 3 is 2.44 bits per heavy atom. The molecular formula is C16H25N3NaO5PS. The van der Waals surface area contributed by atoms with Gasteiger partial charge in [0.2, 0.25) is 5.91 Å². The number of carbonyl (C=O) groups excluding carboxylic acids is 1. The van der Waals surface area contributed by atoms with Gasteiger partial charge in [-0.1, -0.05) is 30.3 Å². The third kappa shape index (κ3) is 11.9. The maximum Gasteiger partial charge on any atom is 1.00 e. The molecule has 4 N–H and O–H groups in total. The van der Waals surface area contributed by atoms with Gasteiger partial charge in [0, 0.05) is 13.3 Å². The van der Waals surface area contributed by atoms with Crippen LogP contribution in [0.3, 0.4) is 0 Å². The third-order valence-electron chi connectivity index (χ3n) is 3.48.